The first-order chi connectivity index (χ1) is 16.9. The summed E-state index contributed by atoms with van der Waals surface area (Å²) in [5.74, 6) is -0.580. The standard InChI is InChI=1S/C22H32N6O5S3/c1-5-6-11-27(3)25-20(17-7-9-18(10-8-17)35(4,30)31)21(29)24-22-23-16-19(34-22)36(32,33)28-14-12-26(2)13-15-28/h7-10,16H,5-6,11-15H2,1-4H3,(H,23,24,29)/b25-20+. The lowest BCUT2D eigenvalue weighted by molar-refractivity contribution is -0.110. The van der Waals surface area contributed by atoms with Gasteiger partial charge in [-0.3, -0.25) is 15.1 Å². The third kappa shape index (κ3) is 7.09. The number of likely N-dealkylation sites (N-methyl/N-ethyl adjacent to an activating group) is 1. The average molecular weight is 557 g/mol. The number of thiazole rings is 1. The molecule has 0 saturated carbocycles. The Morgan fingerprint density at radius 3 is 2.36 bits per heavy atom. The molecule has 11 nitrogen and oxygen atoms in total. The molecule has 1 saturated heterocycles. The number of carbonyl (C=O) groups is 1. The Kier molecular flexibility index (Phi) is 9.22. The van der Waals surface area contributed by atoms with E-state index in [4.69, 9.17) is 0 Å². The second-order valence-electron chi connectivity index (χ2n) is 8.63. The average Bonchev–Trinajstić information content (AvgIpc) is 3.30. The van der Waals surface area contributed by atoms with Crippen LogP contribution < -0.4 is 5.32 Å². The van der Waals surface area contributed by atoms with Crippen molar-refractivity contribution in [2.45, 2.75) is 28.9 Å². The molecule has 14 heteroatoms. The summed E-state index contributed by atoms with van der Waals surface area (Å²) in [5, 5.41) is 8.87. The first-order valence-corrected chi connectivity index (χ1v) is 15.6. The van der Waals surface area contributed by atoms with Crippen molar-refractivity contribution in [2.24, 2.45) is 5.10 Å². The summed E-state index contributed by atoms with van der Waals surface area (Å²) in [6, 6.07) is 5.88. The number of anilines is 1. The summed E-state index contributed by atoms with van der Waals surface area (Å²) >= 11 is 0.880. The van der Waals surface area contributed by atoms with Crippen LogP contribution in [0.4, 0.5) is 5.13 Å². The number of hydrogen-bond acceptors (Lipinski definition) is 10. The molecule has 2 heterocycles. The lowest BCUT2D eigenvalue weighted by Gasteiger charge is -2.30. The predicted molar refractivity (Wildman–Crippen MR) is 141 cm³/mol. The molecule has 1 aliphatic heterocycles. The number of nitrogens with one attached hydrogen (secondary N) is 1. The van der Waals surface area contributed by atoms with E-state index in [1.165, 1.54) is 34.8 Å². The van der Waals surface area contributed by atoms with E-state index in [9.17, 15) is 21.6 Å². The van der Waals surface area contributed by atoms with Crippen molar-refractivity contribution in [3.05, 3.63) is 36.0 Å². The first-order valence-electron chi connectivity index (χ1n) is 11.5. The third-order valence-electron chi connectivity index (χ3n) is 5.64. The fourth-order valence-corrected chi connectivity index (χ4v) is 6.68. The normalized spacial score (nSPS) is 16.2. The van der Waals surface area contributed by atoms with Crippen LogP contribution in [0.25, 0.3) is 0 Å². The zero-order valence-corrected chi connectivity index (χ0v) is 23.3. The van der Waals surface area contributed by atoms with E-state index in [2.05, 4.69) is 20.3 Å². The van der Waals surface area contributed by atoms with E-state index in [1.807, 2.05) is 14.0 Å². The van der Waals surface area contributed by atoms with Gasteiger partial charge < -0.3 is 4.90 Å². The van der Waals surface area contributed by atoms with Crippen LogP contribution in [0.15, 0.2) is 44.7 Å². The molecule has 1 amide bonds. The predicted octanol–water partition coefficient (Wildman–Crippen LogP) is 1.56. The van der Waals surface area contributed by atoms with Crippen LogP contribution in [0.1, 0.15) is 25.3 Å². The maximum absolute atomic E-state index is 13.2. The number of hydrazone groups is 1. The second-order valence-corrected chi connectivity index (χ2v) is 13.8. The lowest BCUT2D eigenvalue weighted by Crippen LogP contribution is -2.46. The van der Waals surface area contributed by atoms with E-state index in [1.54, 1.807) is 12.1 Å². The number of carbonyl (C=O) groups excluding carboxylic acids is 1. The number of aromatic nitrogens is 1. The van der Waals surface area contributed by atoms with Crippen LogP contribution >= 0.6 is 11.3 Å². The summed E-state index contributed by atoms with van der Waals surface area (Å²) in [6.07, 6.45) is 4.19. The van der Waals surface area contributed by atoms with Gasteiger partial charge in [0.05, 0.1) is 11.1 Å². The Bertz CT molecular complexity index is 1300. The van der Waals surface area contributed by atoms with E-state index < -0.39 is 25.8 Å². The highest BCUT2D eigenvalue weighted by molar-refractivity contribution is 7.91. The minimum Gasteiger partial charge on any atom is -0.304 e. The van der Waals surface area contributed by atoms with E-state index in [-0.39, 0.29) is 19.9 Å². The molecule has 1 aromatic carbocycles. The SMILES string of the molecule is CCCCN(C)/N=C(/C(=O)Nc1ncc(S(=O)(=O)N2CCN(C)CC2)s1)c1ccc(S(C)(=O)=O)cc1. The van der Waals surface area contributed by atoms with Gasteiger partial charge in [-0.15, -0.1) is 0 Å². The van der Waals surface area contributed by atoms with Crippen molar-refractivity contribution in [3.8, 4) is 0 Å². The number of rotatable bonds is 10. The molecule has 0 spiro atoms. The maximum atomic E-state index is 13.2. The lowest BCUT2D eigenvalue weighted by atomic mass is 10.1. The van der Waals surface area contributed by atoms with Crippen molar-refractivity contribution in [1.29, 1.82) is 0 Å². The number of unbranched alkanes of at least 4 members (excludes halogenated alkanes) is 1. The Balaban J connectivity index is 1.84. The fourth-order valence-electron chi connectivity index (χ4n) is 3.45. The van der Waals surface area contributed by atoms with Gasteiger partial charge in [-0.2, -0.15) is 9.41 Å². The largest absolute Gasteiger partial charge is 0.304 e. The third-order valence-corrected chi connectivity index (χ3v) is 10.0. The summed E-state index contributed by atoms with van der Waals surface area (Å²) in [5.41, 5.74) is 0.484. The van der Waals surface area contributed by atoms with Gasteiger partial charge in [0.25, 0.3) is 15.9 Å². The molecule has 0 atom stereocenters. The molecule has 3 rings (SSSR count). The van der Waals surface area contributed by atoms with Crippen molar-refractivity contribution in [3.63, 3.8) is 0 Å². The highest BCUT2D eigenvalue weighted by Gasteiger charge is 2.30. The Labute approximate surface area is 216 Å². The van der Waals surface area contributed by atoms with Gasteiger partial charge in [0, 0.05) is 51.6 Å². The Morgan fingerprint density at radius 1 is 1.14 bits per heavy atom. The number of benzene rings is 1. The number of nitrogens with zero attached hydrogens (tertiary/aromatic N) is 5. The minimum absolute atomic E-state index is 0.0541. The van der Waals surface area contributed by atoms with Crippen molar-refractivity contribution >= 4 is 47.9 Å². The number of hydrogen-bond donors (Lipinski definition) is 1. The van der Waals surface area contributed by atoms with E-state index >= 15 is 0 Å². The quantitative estimate of drug-likeness (QED) is 0.344. The van der Waals surface area contributed by atoms with Crippen LogP contribution in [-0.4, -0.2) is 101 Å². The van der Waals surface area contributed by atoms with Crippen LogP contribution in [0.2, 0.25) is 0 Å². The highest BCUT2D eigenvalue weighted by atomic mass is 32.2. The van der Waals surface area contributed by atoms with Gasteiger partial charge in [-0.05, 0) is 25.6 Å². The zero-order valence-electron chi connectivity index (χ0n) is 20.8. The van der Waals surface area contributed by atoms with Crippen molar-refractivity contribution in [1.82, 2.24) is 19.2 Å². The number of piperazine rings is 1. The molecule has 36 heavy (non-hydrogen) atoms. The van der Waals surface area contributed by atoms with Gasteiger partial charge in [-0.25, -0.2) is 21.8 Å². The molecule has 1 aromatic heterocycles. The first kappa shape index (κ1) is 28.2. The molecule has 1 aliphatic rings. The van der Waals surface area contributed by atoms with Crippen LogP contribution in [0.3, 0.4) is 0 Å². The molecule has 0 aliphatic carbocycles. The van der Waals surface area contributed by atoms with Gasteiger partial charge in [0.15, 0.2) is 24.9 Å². The fraction of sp³-hybridized carbons (Fsp3) is 0.500. The topological polar surface area (TPSA) is 132 Å². The van der Waals surface area contributed by atoms with E-state index in [0.29, 0.717) is 38.3 Å². The summed E-state index contributed by atoms with van der Waals surface area (Å²) < 4.78 is 51.1. The van der Waals surface area contributed by atoms with Gasteiger partial charge in [-0.1, -0.05) is 36.8 Å². The molecule has 0 unspecified atom stereocenters. The molecular formula is C22H32N6O5S3. The Hall–Kier alpha value is -2.39. The molecule has 1 N–H and O–H groups in total. The summed E-state index contributed by atoms with van der Waals surface area (Å²) in [6.45, 7) is 4.74. The van der Waals surface area contributed by atoms with Crippen LogP contribution in [-0.2, 0) is 24.7 Å². The summed E-state index contributed by atoms with van der Waals surface area (Å²) in [7, 11) is -3.41. The zero-order chi connectivity index (χ0) is 26.5. The smallest absolute Gasteiger partial charge is 0.278 e. The molecule has 1 fully saturated rings. The van der Waals surface area contributed by atoms with Crippen molar-refractivity contribution in [2.75, 3.05) is 58.4 Å². The van der Waals surface area contributed by atoms with Crippen LogP contribution in [0, 0.1) is 0 Å². The van der Waals surface area contributed by atoms with Gasteiger partial charge >= 0.3 is 0 Å². The minimum atomic E-state index is -3.70. The number of sulfone groups is 1. The molecular weight excluding hydrogens is 524 g/mol. The number of amides is 1. The molecule has 198 valence electrons. The molecule has 2 aromatic rings. The van der Waals surface area contributed by atoms with Gasteiger partial charge in [0.2, 0.25) is 0 Å². The molecule has 0 bridgehead atoms. The highest BCUT2D eigenvalue weighted by Crippen LogP contribution is 2.27. The van der Waals surface area contributed by atoms with E-state index in [0.717, 1.165) is 30.4 Å². The number of sulfonamides is 1. The maximum Gasteiger partial charge on any atom is 0.278 e. The molecule has 0 radical (unpaired) electrons. The van der Waals surface area contributed by atoms with Gasteiger partial charge in [0.1, 0.15) is 0 Å². The second kappa shape index (κ2) is 11.8. The Morgan fingerprint density at radius 2 is 1.78 bits per heavy atom. The summed E-state index contributed by atoms with van der Waals surface area (Å²) in [4.78, 5) is 19.5. The monoisotopic (exact) mass is 556 g/mol. The van der Waals surface area contributed by atoms with Crippen LogP contribution in [0.5, 0.6) is 0 Å². The van der Waals surface area contributed by atoms with Crippen molar-refractivity contribution < 1.29 is 21.6 Å².